The van der Waals surface area contributed by atoms with Gasteiger partial charge in [0.15, 0.2) is 0 Å². The highest BCUT2D eigenvalue weighted by Gasteiger charge is 2.11. The van der Waals surface area contributed by atoms with E-state index >= 15 is 0 Å². The van der Waals surface area contributed by atoms with Crippen LogP contribution in [0, 0.1) is 11.3 Å². The van der Waals surface area contributed by atoms with E-state index in [1.165, 1.54) is 18.3 Å². The first-order chi connectivity index (χ1) is 10.4. The third kappa shape index (κ3) is 6.04. The summed E-state index contributed by atoms with van der Waals surface area (Å²) in [6, 6.07) is 6.32. The standard InChI is InChI=1S/C14H13Cl2N3O3/c15-10-3-4-11(16)12(6-10)19-14(22)9(7-17)8-18-5-1-2-13(20)21/h3-4,6,8,18H,1-2,5H2,(H,19,22)(H,20,21)/b9-8-. The molecule has 116 valence electrons. The number of benzene rings is 1. The Morgan fingerprint density at radius 3 is 2.73 bits per heavy atom. The molecular formula is C14H13Cl2N3O3. The monoisotopic (exact) mass is 341 g/mol. The van der Waals surface area contributed by atoms with Crippen LogP contribution >= 0.6 is 23.2 Å². The van der Waals surface area contributed by atoms with E-state index in [-0.39, 0.29) is 12.0 Å². The highest BCUT2D eigenvalue weighted by Crippen LogP contribution is 2.25. The number of hydrogen-bond donors (Lipinski definition) is 3. The summed E-state index contributed by atoms with van der Waals surface area (Å²) in [6.45, 7) is 0.336. The zero-order chi connectivity index (χ0) is 16.5. The number of carboxylic acids is 1. The lowest BCUT2D eigenvalue weighted by molar-refractivity contribution is -0.137. The zero-order valence-electron chi connectivity index (χ0n) is 11.4. The third-order valence-corrected chi connectivity index (χ3v) is 3.06. The van der Waals surface area contributed by atoms with Gasteiger partial charge in [-0.1, -0.05) is 23.2 Å². The van der Waals surface area contributed by atoms with Crippen molar-refractivity contribution in [2.24, 2.45) is 0 Å². The second-order valence-electron chi connectivity index (χ2n) is 4.20. The fraction of sp³-hybridized carbons (Fsp3) is 0.214. The number of rotatable bonds is 7. The van der Waals surface area contributed by atoms with Crippen LogP contribution in [0.2, 0.25) is 10.0 Å². The molecule has 0 aromatic heterocycles. The molecule has 1 aromatic rings. The van der Waals surface area contributed by atoms with Crippen molar-refractivity contribution in [3.63, 3.8) is 0 Å². The molecule has 0 atom stereocenters. The van der Waals surface area contributed by atoms with Crippen molar-refractivity contribution in [1.29, 1.82) is 5.26 Å². The van der Waals surface area contributed by atoms with Crippen molar-refractivity contribution in [3.05, 3.63) is 40.0 Å². The van der Waals surface area contributed by atoms with Gasteiger partial charge in [0.05, 0.1) is 10.7 Å². The van der Waals surface area contributed by atoms with E-state index in [1.54, 1.807) is 12.1 Å². The topological polar surface area (TPSA) is 102 Å². The molecule has 1 rings (SSSR count). The highest BCUT2D eigenvalue weighted by atomic mass is 35.5. The van der Waals surface area contributed by atoms with Crippen molar-refractivity contribution in [3.8, 4) is 6.07 Å². The van der Waals surface area contributed by atoms with Gasteiger partial charge in [-0.3, -0.25) is 9.59 Å². The number of carboxylic acid groups (broad SMARTS) is 1. The third-order valence-electron chi connectivity index (χ3n) is 2.50. The van der Waals surface area contributed by atoms with E-state index in [0.717, 1.165) is 0 Å². The van der Waals surface area contributed by atoms with Gasteiger partial charge in [-0.15, -0.1) is 0 Å². The zero-order valence-corrected chi connectivity index (χ0v) is 12.9. The summed E-state index contributed by atoms with van der Waals surface area (Å²) in [4.78, 5) is 22.3. The Hall–Kier alpha value is -2.23. The quantitative estimate of drug-likeness (QED) is 0.402. The smallest absolute Gasteiger partial charge is 0.303 e. The first-order valence-electron chi connectivity index (χ1n) is 6.26. The predicted octanol–water partition coefficient (Wildman–Crippen LogP) is 2.79. The largest absolute Gasteiger partial charge is 0.481 e. The lowest BCUT2D eigenvalue weighted by Gasteiger charge is -2.07. The lowest BCUT2D eigenvalue weighted by Crippen LogP contribution is -2.17. The molecular weight excluding hydrogens is 329 g/mol. The molecule has 22 heavy (non-hydrogen) atoms. The summed E-state index contributed by atoms with van der Waals surface area (Å²) in [5.74, 6) is -1.54. The molecule has 0 aliphatic carbocycles. The second-order valence-corrected chi connectivity index (χ2v) is 5.04. The number of halogens is 2. The Morgan fingerprint density at radius 2 is 2.09 bits per heavy atom. The van der Waals surface area contributed by atoms with Crippen LogP contribution in [0.1, 0.15) is 12.8 Å². The van der Waals surface area contributed by atoms with E-state index < -0.39 is 11.9 Å². The van der Waals surface area contributed by atoms with E-state index in [0.29, 0.717) is 28.7 Å². The van der Waals surface area contributed by atoms with E-state index in [9.17, 15) is 9.59 Å². The average Bonchev–Trinajstić information content (AvgIpc) is 2.46. The molecule has 0 heterocycles. The van der Waals surface area contributed by atoms with Gasteiger partial charge < -0.3 is 15.7 Å². The van der Waals surface area contributed by atoms with Crippen LogP contribution in [-0.4, -0.2) is 23.5 Å². The number of carbonyl (C=O) groups is 2. The van der Waals surface area contributed by atoms with Gasteiger partial charge in [0.25, 0.3) is 5.91 Å². The Labute approximate surface area is 137 Å². The lowest BCUT2D eigenvalue weighted by atomic mass is 10.2. The highest BCUT2D eigenvalue weighted by molar-refractivity contribution is 6.35. The van der Waals surface area contributed by atoms with E-state index in [4.69, 9.17) is 33.6 Å². The number of amides is 1. The molecule has 0 unspecified atom stereocenters. The first-order valence-corrected chi connectivity index (χ1v) is 7.01. The maximum absolute atomic E-state index is 11.9. The van der Waals surface area contributed by atoms with Gasteiger partial charge >= 0.3 is 5.97 Å². The fourth-order valence-corrected chi connectivity index (χ4v) is 1.78. The number of hydrogen-bond acceptors (Lipinski definition) is 4. The van der Waals surface area contributed by atoms with Crippen LogP contribution in [-0.2, 0) is 9.59 Å². The number of nitriles is 1. The van der Waals surface area contributed by atoms with Crippen LogP contribution in [0.4, 0.5) is 5.69 Å². The molecule has 0 spiro atoms. The van der Waals surface area contributed by atoms with Gasteiger partial charge in [-0.25, -0.2) is 0 Å². The molecule has 1 amide bonds. The first kappa shape index (κ1) is 17.8. The average molecular weight is 342 g/mol. The molecule has 0 saturated carbocycles. The molecule has 6 nitrogen and oxygen atoms in total. The minimum absolute atomic E-state index is 0.00699. The van der Waals surface area contributed by atoms with Crippen molar-refractivity contribution in [1.82, 2.24) is 5.32 Å². The summed E-state index contributed by atoms with van der Waals surface area (Å²) in [5, 5.41) is 23.3. The van der Waals surface area contributed by atoms with Gasteiger partial charge in [0.1, 0.15) is 11.6 Å². The summed E-state index contributed by atoms with van der Waals surface area (Å²) in [6.07, 6.45) is 1.62. The molecule has 0 bridgehead atoms. The Morgan fingerprint density at radius 1 is 1.36 bits per heavy atom. The predicted molar refractivity (Wildman–Crippen MR) is 83.7 cm³/mol. The maximum Gasteiger partial charge on any atom is 0.303 e. The molecule has 3 N–H and O–H groups in total. The molecule has 8 heteroatoms. The molecule has 0 saturated heterocycles. The van der Waals surface area contributed by atoms with Gasteiger partial charge in [0.2, 0.25) is 0 Å². The number of nitrogens with one attached hydrogen (secondary N) is 2. The van der Waals surface area contributed by atoms with Crippen LogP contribution in [0.25, 0.3) is 0 Å². The Kier molecular flexibility index (Phi) is 7.23. The minimum atomic E-state index is -0.903. The van der Waals surface area contributed by atoms with Crippen molar-refractivity contribution >= 4 is 40.8 Å². The van der Waals surface area contributed by atoms with Crippen molar-refractivity contribution in [2.45, 2.75) is 12.8 Å². The number of carbonyl (C=O) groups excluding carboxylic acids is 1. The summed E-state index contributed by atoms with van der Waals surface area (Å²) < 4.78 is 0. The molecule has 1 aromatic carbocycles. The van der Waals surface area contributed by atoms with Crippen LogP contribution < -0.4 is 10.6 Å². The summed E-state index contributed by atoms with van der Waals surface area (Å²) in [5.41, 5.74) is 0.137. The van der Waals surface area contributed by atoms with Crippen LogP contribution in [0.15, 0.2) is 30.0 Å². The number of anilines is 1. The number of aliphatic carboxylic acids is 1. The fourth-order valence-electron chi connectivity index (χ4n) is 1.45. The summed E-state index contributed by atoms with van der Waals surface area (Å²) >= 11 is 11.7. The van der Waals surface area contributed by atoms with Gasteiger partial charge in [0, 0.05) is 24.2 Å². The summed E-state index contributed by atoms with van der Waals surface area (Å²) in [7, 11) is 0. The molecule has 0 fully saturated rings. The van der Waals surface area contributed by atoms with Crippen LogP contribution in [0.3, 0.4) is 0 Å². The Balaban J connectivity index is 2.63. The van der Waals surface area contributed by atoms with E-state index in [2.05, 4.69) is 10.6 Å². The normalized spacial score (nSPS) is 10.7. The molecule has 0 aliphatic heterocycles. The van der Waals surface area contributed by atoms with Gasteiger partial charge in [-0.05, 0) is 24.6 Å². The molecule has 0 radical (unpaired) electrons. The Bertz CT molecular complexity index is 639. The SMILES string of the molecule is N#C/C(=C/NCCCC(=O)O)C(=O)Nc1cc(Cl)ccc1Cl. The van der Waals surface area contributed by atoms with Crippen molar-refractivity contribution < 1.29 is 14.7 Å². The maximum atomic E-state index is 11.9. The van der Waals surface area contributed by atoms with Crippen LogP contribution in [0.5, 0.6) is 0 Å². The minimum Gasteiger partial charge on any atom is -0.481 e. The van der Waals surface area contributed by atoms with E-state index in [1.807, 2.05) is 0 Å². The second kappa shape index (κ2) is 8.93. The number of nitrogens with zero attached hydrogens (tertiary/aromatic N) is 1. The van der Waals surface area contributed by atoms with Crippen molar-refractivity contribution in [2.75, 3.05) is 11.9 Å². The molecule has 0 aliphatic rings. The van der Waals surface area contributed by atoms with Gasteiger partial charge in [-0.2, -0.15) is 5.26 Å².